The van der Waals surface area contributed by atoms with E-state index in [1.807, 2.05) is 31.3 Å². The number of fused-ring (bicyclic) bond motifs is 1. The number of nitrogens with zero attached hydrogens (tertiary/aromatic N) is 3. The number of imidazole rings is 1. The largest absolute Gasteiger partial charge is 0.395 e. The van der Waals surface area contributed by atoms with Crippen molar-refractivity contribution in [3.05, 3.63) is 35.8 Å². The highest BCUT2D eigenvalue weighted by Crippen LogP contribution is 2.11. The second-order valence-electron chi connectivity index (χ2n) is 6.08. The summed E-state index contributed by atoms with van der Waals surface area (Å²) in [7, 11) is 1.69. The van der Waals surface area contributed by atoms with Crippen LogP contribution in [0.25, 0.3) is 5.65 Å². The predicted molar refractivity (Wildman–Crippen MR) is 95.5 cm³/mol. The Morgan fingerprint density at radius 2 is 2.08 bits per heavy atom. The first kappa shape index (κ1) is 18.9. The lowest BCUT2D eigenvalue weighted by molar-refractivity contribution is -0.130. The first-order valence-corrected chi connectivity index (χ1v) is 8.61. The third kappa shape index (κ3) is 5.03. The van der Waals surface area contributed by atoms with Gasteiger partial charge in [0.25, 0.3) is 5.91 Å². The summed E-state index contributed by atoms with van der Waals surface area (Å²) >= 11 is 0. The Hall–Kier alpha value is -2.41. The number of rotatable bonds is 9. The maximum absolute atomic E-state index is 12.4. The molecule has 0 aliphatic carbocycles. The van der Waals surface area contributed by atoms with Crippen molar-refractivity contribution in [1.29, 1.82) is 0 Å². The van der Waals surface area contributed by atoms with Crippen molar-refractivity contribution in [3.63, 3.8) is 0 Å². The summed E-state index contributed by atoms with van der Waals surface area (Å²) in [5.74, 6) is -0.0885. The molecular weight excluding hydrogens is 320 g/mol. The molecule has 7 heteroatoms. The van der Waals surface area contributed by atoms with Gasteiger partial charge in [-0.3, -0.25) is 14.0 Å². The van der Waals surface area contributed by atoms with Crippen LogP contribution in [0.3, 0.4) is 0 Å². The van der Waals surface area contributed by atoms with Crippen LogP contribution in [0, 0.1) is 6.92 Å². The fourth-order valence-electron chi connectivity index (χ4n) is 2.72. The summed E-state index contributed by atoms with van der Waals surface area (Å²) in [6.07, 6.45) is 4.76. The molecule has 2 N–H and O–H groups in total. The highest BCUT2D eigenvalue weighted by Gasteiger charge is 2.15. The minimum absolute atomic E-state index is 0.0169. The van der Waals surface area contributed by atoms with E-state index in [0.717, 1.165) is 24.9 Å². The van der Waals surface area contributed by atoms with Crippen LogP contribution in [-0.4, -0.2) is 57.9 Å². The van der Waals surface area contributed by atoms with Crippen LogP contribution in [-0.2, 0) is 4.79 Å². The van der Waals surface area contributed by atoms with Gasteiger partial charge in [-0.15, -0.1) is 0 Å². The van der Waals surface area contributed by atoms with Gasteiger partial charge < -0.3 is 15.3 Å². The SMILES string of the molecule is Cc1nc2ccccn2c1C(=O)NCCCCCC(=O)N(C)CCO. The molecule has 2 amide bonds. The third-order valence-electron chi connectivity index (χ3n) is 4.13. The van der Waals surface area contributed by atoms with Gasteiger partial charge in [-0.05, 0) is 31.9 Å². The maximum Gasteiger partial charge on any atom is 0.270 e. The first-order chi connectivity index (χ1) is 12.0. The molecule has 0 fully saturated rings. The first-order valence-electron chi connectivity index (χ1n) is 8.61. The van der Waals surface area contributed by atoms with Gasteiger partial charge in [0.1, 0.15) is 11.3 Å². The molecule has 2 aromatic rings. The van der Waals surface area contributed by atoms with E-state index in [1.165, 1.54) is 4.90 Å². The molecule has 0 spiro atoms. The Morgan fingerprint density at radius 3 is 2.84 bits per heavy atom. The van der Waals surface area contributed by atoms with Crippen LogP contribution in [0.5, 0.6) is 0 Å². The highest BCUT2D eigenvalue weighted by molar-refractivity contribution is 5.94. The van der Waals surface area contributed by atoms with Crippen LogP contribution in [0.4, 0.5) is 0 Å². The van der Waals surface area contributed by atoms with Gasteiger partial charge >= 0.3 is 0 Å². The summed E-state index contributed by atoms with van der Waals surface area (Å²) in [6.45, 7) is 2.75. The van der Waals surface area contributed by atoms with E-state index in [2.05, 4.69) is 10.3 Å². The number of likely N-dealkylation sites (N-methyl/N-ethyl adjacent to an activating group) is 1. The van der Waals surface area contributed by atoms with Gasteiger partial charge in [0.2, 0.25) is 5.91 Å². The van der Waals surface area contributed by atoms with E-state index in [4.69, 9.17) is 5.11 Å². The van der Waals surface area contributed by atoms with Crippen molar-refractivity contribution in [3.8, 4) is 0 Å². The molecule has 0 aliphatic rings. The average Bonchev–Trinajstić information content (AvgIpc) is 2.93. The van der Waals surface area contributed by atoms with Gasteiger partial charge in [-0.25, -0.2) is 4.98 Å². The van der Waals surface area contributed by atoms with Gasteiger partial charge in [0.05, 0.1) is 12.3 Å². The predicted octanol–water partition coefficient (Wildman–Crippen LogP) is 1.38. The highest BCUT2D eigenvalue weighted by atomic mass is 16.3. The lowest BCUT2D eigenvalue weighted by Crippen LogP contribution is -2.29. The molecule has 25 heavy (non-hydrogen) atoms. The minimum Gasteiger partial charge on any atom is -0.395 e. The second kappa shape index (κ2) is 9.17. The van der Waals surface area contributed by atoms with Crippen LogP contribution in [0.2, 0.25) is 0 Å². The number of aromatic nitrogens is 2. The standard InChI is InChI=1S/C18H26N4O3/c1-14-17(22-11-7-5-8-15(22)20-14)18(25)19-10-6-3-4-9-16(24)21(2)12-13-23/h5,7-8,11,23H,3-4,6,9-10,12-13H2,1-2H3,(H,19,25). The van der Waals surface area contributed by atoms with E-state index >= 15 is 0 Å². The molecule has 0 bridgehead atoms. The van der Waals surface area contributed by atoms with E-state index < -0.39 is 0 Å². The molecular formula is C18H26N4O3. The summed E-state index contributed by atoms with van der Waals surface area (Å²) < 4.78 is 1.79. The lowest BCUT2D eigenvalue weighted by Gasteiger charge is -2.15. The van der Waals surface area contributed by atoms with Crippen molar-refractivity contribution in [1.82, 2.24) is 19.6 Å². The summed E-state index contributed by atoms with van der Waals surface area (Å²) in [5, 5.41) is 11.7. The van der Waals surface area contributed by atoms with Crippen molar-refractivity contribution in [2.24, 2.45) is 0 Å². The smallest absolute Gasteiger partial charge is 0.270 e. The molecule has 136 valence electrons. The Kier molecular flexibility index (Phi) is 6.94. The molecule has 0 saturated heterocycles. The number of carbonyl (C=O) groups excluding carboxylic acids is 2. The Bertz CT molecular complexity index is 726. The minimum atomic E-state index is -0.130. The number of hydrogen-bond donors (Lipinski definition) is 2. The molecule has 2 rings (SSSR count). The van der Waals surface area contributed by atoms with Gasteiger partial charge in [0.15, 0.2) is 0 Å². The molecule has 0 unspecified atom stereocenters. The number of unbranched alkanes of at least 4 members (excludes halogenated alkanes) is 2. The fourth-order valence-corrected chi connectivity index (χ4v) is 2.72. The number of aliphatic hydroxyl groups excluding tert-OH is 1. The van der Waals surface area contributed by atoms with Crippen LogP contribution < -0.4 is 5.32 Å². The zero-order valence-electron chi connectivity index (χ0n) is 14.9. The summed E-state index contributed by atoms with van der Waals surface area (Å²) in [5.41, 5.74) is 2.04. The molecule has 0 saturated carbocycles. The van der Waals surface area contributed by atoms with Crippen molar-refractivity contribution >= 4 is 17.5 Å². The monoisotopic (exact) mass is 346 g/mol. The van der Waals surface area contributed by atoms with E-state index in [9.17, 15) is 9.59 Å². The maximum atomic E-state index is 12.4. The molecule has 2 heterocycles. The molecule has 7 nitrogen and oxygen atoms in total. The zero-order chi connectivity index (χ0) is 18.2. The topological polar surface area (TPSA) is 86.9 Å². The molecule has 0 aromatic carbocycles. The Morgan fingerprint density at radius 1 is 1.28 bits per heavy atom. The average molecular weight is 346 g/mol. The third-order valence-corrected chi connectivity index (χ3v) is 4.13. The number of pyridine rings is 1. The molecule has 0 radical (unpaired) electrons. The molecule has 2 aromatic heterocycles. The number of nitrogens with one attached hydrogen (secondary N) is 1. The fraction of sp³-hybridized carbons (Fsp3) is 0.500. The number of aliphatic hydroxyl groups is 1. The van der Waals surface area contributed by atoms with Crippen molar-refractivity contribution < 1.29 is 14.7 Å². The van der Waals surface area contributed by atoms with E-state index in [-0.39, 0.29) is 18.4 Å². The van der Waals surface area contributed by atoms with Crippen LogP contribution >= 0.6 is 0 Å². The van der Waals surface area contributed by atoms with Gasteiger partial charge in [-0.2, -0.15) is 0 Å². The number of amides is 2. The summed E-state index contributed by atoms with van der Waals surface area (Å²) in [6, 6.07) is 5.63. The second-order valence-corrected chi connectivity index (χ2v) is 6.08. The Balaban J connectivity index is 1.72. The lowest BCUT2D eigenvalue weighted by atomic mass is 10.2. The molecule has 0 atom stereocenters. The number of carbonyl (C=O) groups is 2. The number of aryl methyl sites for hydroxylation is 1. The summed E-state index contributed by atoms with van der Waals surface area (Å²) in [4.78, 5) is 30.0. The van der Waals surface area contributed by atoms with Gasteiger partial charge in [0, 0.05) is 32.8 Å². The van der Waals surface area contributed by atoms with E-state index in [1.54, 1.807) is 11.4 Å². The van der Waals surface area contributed by atoms with Crippen LogP contribution in [0.15, 0.2) is 24.4 Å². The zero-order valence-corrected chi connectivity index (χ0v) is 14.9. The van der Waals surface area contributed by atoms with Crippen LogP contribution in [0.1, 0.15) is 41.9 Å². The van der Waals surface area contributed by atoms with Gasteiger partial charge in [-0.1, -0.05) is 12.5 Å². The van der Waals surface area contributed by atoms with E-state index in [0.29, 0.717) is 30.9 Å². The Labute approximate surface area is 147 Å². The van der Waals surface area contributed by atoms with Crippen molar-refractivity contribution in [2.75, 3.05) is 26.7 Å². The van der Waals surface area contributed by atoms with Crippen molar-refractivity contribution in [2.45, 2.75) is 32.6 Å². The molecule has 0 aliphatic heterocycles. The number of hydrogen-bond acceptors (Lipinski definition) is 4. The quantitative estimate of drug-likeness (QED) is 0.672. The normalized spacial score (nSPS) is 10.8.